The molecule has 2 aromatic rings. The van der Waals surface area contributed by atoms with Gasteiger partial charge in [0.25, 0.3) is 0 Å². The molecule has 0 aromatic heterocycles. The van der Waals surface area contributed by atoms with Crippen LogP contribution in [0.3, 0.4) is 0 Å². The van der Waals surface area contributed by atoms with Crippen molar-refractivity contribution in [3.63, 3.8) is 0 Å². The Kier molecular flexibility index (Phi) is 7.59. The largest absolute Gasteiger partial charge is 0.486 e. The third kappa shape index (κ3) is 6.11. The second-order valence-corrected chi connectivity index (χ2v) is 9.13. The Morgan fingerprint density at radius 2 is 1.91 bits per heavy atom. The molecule has 0 saturated carbocycles. The SMILES string of the molecule is CCOC(=O)C1CCN(C(=O)/C=C/c2ccc(Sc3ccc4c(c3)OCCO4)c(C(F)(F)F)c2)C1. The summed E-state index contributed by atoms with van der Waals surface area (Å²) >= 11 is 0.976. The van der Waals surface area contributed by atoms with Crippen LogP contribution in [0.2, 0.25) is 0 Å². The van der Waals surface area contributed by atoms with E-state index in [1.54, 1.807) is 25.1 Å². The quantitative estimate of drug-likeness (QED) is 0.403. The van der Waals surface area contributed by atoms with Gasteiger partial charge in [-0.2, -0.15) is 13.2 Å². The first-order valence-corrected chi connectivity index (χ1v) is 12.0. The molecule has 0 bridgehead atoms. The summed E-state index contributed by atoms with van der Waals surface area (Å²) in [6.45, 7) is 3.43. The van der Waals surface area contributed by atoms with Gasteiger partial charge in [0.2, 0.25) is 5.91 Å². The zero-order valence-corrected chi connectivity index (χ0v) is 19.8. The van der Waals surface area contributed by atoms with Gasteiger partial charge in [0, 0.05) is 29.0 Å². The van der Waals surface area contributed by atoms with Gasteiger partial charge in [-0.1, -0.05) is 17.8 Å². The van der Waals surface area contributed by atoms with Crippen LogP contribution in [0.1, 0.15) is 24.5 Å². The van der Waals surface area contributed by atoms with Crippen molar-refractivity contribution in [1.82, 2.24) is 4.90 Å². The maximum absolute atomic E-state index is 13.8. The highest BCUT2D eigenvalue weighted by Crippen LogP contribution is 2.42. The van der Waals surface area contributed by atoms with E-state index in [2.05, 4.69) is 0 Å². The summed E-state index contributed by atoms with van der Waals surface area (Å²) in [5, 5.41) is 0. The number of rotatable bonds is 6. The van der Waals surface area contributed by atoms with Gasteiger partial charge in [-0.05, 0) is 55.3 Å². The smallest absolute Gasteiger partial charge is 0.417 e. The number of alkyl halides is 3. The molecule has 1 fully saturated rings. The molecule has 2 aliphatic rings. The van der Waals surface area contributed by atoms with Crippen molar-refractivity contribution in [3.05, 3.63) is 53.6 Å². The topological polar surface area (TPSA) is 65.1 Å². The van der Waals surface area contributed by atoms with Crippen LogP contribution in [0.25, 0.3) is 6.08 Å². The molecule has 6 nitrogen and oxygen atoms in total. The Balaban J connectivity index is 1.47. The Hall–Kier alpha value is -3.14. The zero-order valence-electron chi connectivity index (χ0n) is 19.0. The molecule has 186 valence electrons. The summed E-state index contributed by atoms with van der Waals surface area (Å²) < 4.78 is 57.5. The number of carbonyl (C=O) groups excluding carboxylic acids is 2. The molecule has 0 radical (unpaired) electrons. The minimum absolute atomic E-state index is 0.0366. The number of carbonyl (C=O) groups is 2. The van der Waals surface area contributed by atoms with E-state index in [4.69, 9.17) is 14.2 Å². The van der Waals surface area contributed by atoms with Gasteiger partial charge in [0.1, 0.15) is 13.2 Å². The second-order valence-electron chi connectivity index (χ2n) is 8.02. The van der Waals surface area contributed by atoms with E-state index < -0.39 is 11.7 Å². The second kappa shape index (κ2) is 10.6. The number of ether oxygens (including phenoxy) is 3. The molecule has 1 atom stereocenters. The van der Waals surface area contributed by atoms with Gasteiger partial charge in [-0.3, -0.25) is 9.59 Å². The van der Waals surface area contributed by atoms with Crippen LogP contribution in [0.4, 0.5) is 13.2 Å². The maximum atomic E-state index is 13.8. The third-order valence-electron chi connectivity index (χ3n) is 5.59. The van der Waals surface area contributed by atoms with E-state index in [9.17, 15) is 22.8 Å². The van der Waals surface area contributed by atoms with Crippen LogP contribution in [-0.2, 0) is 20.5 Å². The van der Waals surface area contributed by atoms with Crippen molar-refractivity contribution in [3.8, 4) is 11.5 Å². The fraction of sp³-hybridized carbons (Fsp3) is 0.360. The standard InChI is InChI=1S/C25H24F3NO5S/c1-2-32-24(31)17-9-10-29(15-17)23(30)8-4-16-3-7-22(19(13-16)25(26,27)28)35-18-5-6-20-21(14-18)34-12-11-33-20/h3-8,13-14,17H,2,9-12,15H2,1H3/b8-4+. The van der Waals surface area contributed by atoms with Gasteiger partial charge in [-0.15, -0.1) is 0 Å². The Morgan fingerprint density at radius 1 is 1.14 bits per heavy atom. The summed E-state index contributed by atoms with van der Waals surface area (Å²) in [6.07, 6.45) is -1.49. The predicted octanol–water partition coefficient (Wildman–Crippen LogP) is 5.05. The van der Waals surface area contributed by atoms with Gasteiger partial charge in [-0.25, -0.2) is 0 Å². The van der Waals surface area contributed by atoms with E-state index >= 15 is 0 Å². The van der Waals surface area contributed by atoms with E-state index in [0.29, 0.717) is 42.6 Å². The van der Waals surface area contributed by atoms with E-state index in [1.165, 1.54) is 29.2 Å². The molecule has 2 aliphatic heterocycles. The summed E-state index contributed by atoms with van der Waals surface area (Å²) in [6, 6.07) is 8.97. The zero-order chi connectivity index (χ0) is 25.0. The Morgan fingerprint density at radius 3 is 2.66 bits per heavy atom. The summed E-state index contributed by atoms with van der Waals surface area (Å²) in [4.78, 5) is 26.5. The number of nitrogens with zero attached hydrogens (tertiary/aromatic N) is 1. The highest BCUT2D eigenvalue weighted by atomic mass is 32.2. The Labute approximate surface area is 205 Å². The van der Waals surface area contributed by atoms with Crippen molar-refractivity contribution < 1.29 is 37.0 Å². The molecule has 1 unspecified atom stereocenters. The molecule has 10 heteroatoms. The average molecular weight is 508 g/mol. The molecule has 2 aromatic carbocycles. The first-order valence-electron chi connectivity index (χ1n) is 11.2. The number of likely N-dealkylation sites (tertiary alicyclic amines) is 1. The normalized spacial score (nSPS) is 17.6. The molecule has 0 aliphatic carbocycles. The van der Waals surface area contributed by atoms with Crippen molar-refractivity contribution in [2.45, 2.75) is 29.3 Å². The highest BCUT2D eigenvalue weighted by Gasteiger charge is 2.34. The van der Waals surface area contributed by atoms with Crippen LogP contribution in [0, 0.1) is 5.92 Å². The summed E-state index contributed by atoms with van der Waals surface area (Å²) in [7, 11) is 0. The molecule has 0 N–H and O–H groups in total. The lowest BCUT2D eigenvalue weighted by Crippen LogP contribution is -2.28. The molecular weight excluding hydrogens is 483 g/mol. The lowest BCUT2D eigenvalue weighted by atomic mass is 10.1. The van der Waals surface area contributed by atoms with Crippen LogP contribution >= 0.6 is 11.8 Å². The lowest BCUT2D eigenvalue weighted by Gasteiger charge is -2.19. The minimum atomic E-state index is -4.58. The molecule has 0 spiro atoms. The molecule has 1 saturated heterocycles. The molecule has 1 amide bonds. The number of amides is 1. The lowest BCUT2D eigenvalue weighted by molar-refractivity contribution is -0.147. The van der Waals surface area contributed by atoms with E-state index in [1.807, 2.05) is 0 Å². The number of fused-ring (bicyclic) bond motifs is 1. The van der Waals surface area contributed by atoms with Crippen LogP contribution in [-0.4, -0.2) is 49.7 Å². The van der Waals surface area contributed by atoms with Crippen molar-refractivity contribution in [2.24, 2.45) is 5.92 Å². The summed E-state index contributed by atoms with van der Waals surface area (Å²) in [5.41, 5.74) is -0.547. The molecule has 35 heavy (non-hydrogen) atoms. The number of hydrogen-bond acceptors (Lipinski definition) is 6. The number of hydrogen-bond donors (Lipinski definition) is 0. The van der Waals surface area contributed by atoms with Gasteiger partial charge >= 0.3 is 12.1 Å². The van der Waals surface area contributed by atoms with Gasteiger partial charge < -0.3 is 19.1 Å². The molecule has 4 rings (SSSR count). The van der Waals surface area contributed by atoms with Gasteiger partial charge in [0.05, 0.1) is 18.1 Å². The van der Waals surface area contributed by atoms with Crippen LogP contribution < -0.4 is 9.47 Å². The summed E-state index contributed by atoms with van der Waals surface area (Å²) in [5.74, 6) is -0.0119. The van der Waals surface area contributed by atoms with Crippen molar-refractivity contribution in [1.29, 1.82) is 0 Å². The van der Waals surface area contributed by atoms with Crippen molar-refractivity contribution >= 4 is 29.7 Å². The van der Waals surface area contributed by atoms with E-state index in [-0.39, 0.29) is 41.4 Å². The number of esters is 1. The van der Waals surface area contributed by atoms with Crippen molar-refractivity contribution in [2.75, 3.05) is 32.9 Å². The average Bonchev–Trinajstić information content (AvgIpc) is 3.33. The Bertz CT molecular complexity index is 1130. The van der Waals surface area contributed by atoms with Crippen LogP contribution in [0.5, 0.6) is 11.5 Å². The highest BCUT2D eigenvalue weighted by molar-refractivity contribution is 7.99. The molecule has 2 heterocycles. The fourth-order valence-corrected chi connectivity index (χ4v) is 4.84. The van der Waals surface area contributed by atoms with E-state index in [0.717, 1.165) is 17.8 Å². The third-order valence-corrected chi connectivity index (χ3v) is 6.65. The first-order chi connectivity index (χ1) is 16.7. The molecular formula is C25H24F3NO5S. The minimum Gasteiger partial charge on any atom is -0.486 e. The fourth-order valence-electron chi connectivity index (χ4n) is 3.86. The first kappa shape index (κ1) is 25.0. The van der Waals surface area contributed by atoms with Gasteiger partial charge in [0.15, 0.2) is 11.5 Å². The predicted molar refractivity (Wildman–Crippen MR) is 123 cm³/mol. The number of halogens is 3. The maximum Gasteiger partial charge on any atom is 0.417 e. The monoisotopic (exact) mass is 507 g/mol. The number of benzene rings is 2. The van der Waals surface area contributed by atoms with Crippen LogP contribution in [0.15, 0.2) is 52.3 Å².